The van der Waals surface area contributed by atoms with Gasteiger partial charge < -0.3 is 9.84 Å². The van der Waals surface area contributed by atoms with Crippen LogP contribution in [0.2, 0.25) is 0 Å². The molecule has 0 atom stereocenters. The third-order valence-electron chi connectivity index (χ3n) is 1.58. The minimum absolute atomic E-state index is 0.352. The third kappa shape index (κ3) is 3.17. The monoisotopic (exact) mass is 249 g/mol. The van der Waals surface area contributed by atoms with Crippen LogP contribution in [0.5, 0.6) is 5.75 Å². The molecule has 0 aliphatic carbocycles. The van der Waals surface area contributed by atoms with Gasteiger partial charge in [-0.25, -0.2) is 22.7 Å². The molecule has 0 aromatic heterocycles. The van der Waals surface area contributed by atoms with E-state index in [1.807, 2.05) is 0 Å². The van der Waals surface area contributed by atoms with Crippen LogP contribution >= 0.6 is 0 Å². The Kier molecular flexibility index (Phi) is 3.45. The number of halogens is 1. The number of rotatable bonds is 4. The molecule has 8 heteroatoms. The molecular weight excluding hydrogens is 241 g/mol. The molecule has 0 fully saturated rings. The lowest BCUT2D eigenvalue weighted by molar-refractivity contribution is -0.139. The summed E-state index contributed by atoms with van der Waals surface area (Å²) in [6, 6.07) is 2.68. The molecule has 16 heavy (non-hydrogen) atoms. The number of sulfonamides is 1. The van der Waals surface area contributed by atoms with Crippen molar-refractivity contribution >= 4 is 16.0 Å². The van der Waals surface area contributed by atoms with Crippen LogP contribution in [0.1, 0.15) is 0 Å². The van der Waals surface area contributed by atoms with Gasteiger partial charge in [0.2, 0.25) is 10.0 Å². The maximum Gasteiger partial charge on any atom is 0.341 e. The van der Waals surface area contributed by atoms with Crippen LogP contribution in [0, 0.1) is 5.82 Å². The molecule has 0 spiro atoms. The Morgan fingerprint density at radius 3 is 2.56 bits per heavy atom. The molecule has 0 saturated heterocycles. The average Bonchev–Trinajstić information content (AvgIpc) is 2.14. The van der Waals surface area contributed by atoms with Crippen LogP contribution in [0.3, 0.4) is 0 Å². The van der Waals surface area contributed by atoms with Gasteiger partial charge in [0.05, 0.1) is 4.90 Å². The van der Waals surface area contributed by atoms with Crippen molar-refractivity contribution in [3.63, 3.8) is 0 Å². The molecule has 0 unspecified atom stereocenters. The largest absolute Gasteiger partial charge is 0.479 e. The second kappa shape index (κ2) is 4.45. The smallest absolute Gasteiger partial charge is 0.341 e. The van der Waals surface area contributed by atoms with E-state index in [2.05, 4.69) is 4.74 Å². The van der Waals surface area contributed by atoms with E-state index >= 15 is 0 Å². The van der Waals surface area contributed by atoms with Crippen molar-refractivity contribution in [2.45, 2.75) is 4.90 Å². The van der Waals surface area contributed by atoms with Crippen LogP contribution in [0.4, 0.5) is 4.39 Å². The normalized spacial score (nSPS) is 11.1. The second-order valence-electron chi connectivity index (χ2n) is 2.82. The first-order valence-corrected chi connectivity index (χ1v) is 5.52. The van der Waals surface area contributed by atoms with Crippen molar-refractivity contribution in [2.24, 2.45) is 5.14 Å². The van der Waals surface area contributed by atoms with E-state index in [4.69, 9.17) is 10.2 Å². The van der Waals surface area contributed by atoms with Crippen molar-refractivity contribution in [3.8, 4) is 5.75 Å². The number of carbonyl (C=O) groups is 1. The molecule has 0 bridgehead atoms. The topological polar surface area (TPSA) is 107 Å². The van der Waals surface area contributed by atoms with E-state index in [1.54, 1.807) is 0 Å². The summed E-state index contributed by atoms with van der Waals surface area (Å²) in [5.41, 5.74) is 0. The fourth-order valence-corrected chi connectivity index (χ4v) is 1.44. The highest BCUT2D eigenvalue weighted by atomic mass is 32.2. The molecule has 3 N–H and O–H groups in total. The zero-order chi connectivity index (χ0) is 12.3. The van der Waals surface area contributed by atoms with Gasteiger partial charge in [0, 0.05) is 0 Å². The molecule has 0 amide bonds. The molecule has 0 radical (unpaired) electrons. The van der Waals surface area contributed by atoms with Crippen LogP contribution in [0.25, 0.3) is 0 Å². The highest BCUT2D eigenvalue weighted by molar-refractivity contribution is 7.89. The predicted octanol–water partition coefficient (Wildman–Crippen LogP) is -0.0635. The maximum atomic E-state index is 13.2. The zero-order valence-corrected chi connectivity index (χ0v) is 8.70. The van der Waals surface area contributed by atoms with Crippen molar-refractivity contribution < 1.29 is 27.4 Å². The number of hydrogen-bond acceptors (Lipinski definition) is 4. The highest BCUT2D eigenvalue weighted by Gasteiger charge is 2.12. The standard InChI is InChI=1S/C8H8FNO5S/c9-6-3-5(16(10,13)14)1-2-7(6)15-4-8(11)12/h1-3H,4H2,(H,11,12)(H2,10,13,14). The molecular formula is C8H8FNO5S. The minimum atomic E-state index is -3.99. The van der Waals surface area contributed by atoms with Crippen molar-refractivity contribution in [1.29, 1.82) is 0 Å². The van der Waals surface area contributed by atoms with Gasteiger partial charge in [0.15, 0.2) is 18.2 Å². The van der Waals surface area contributed by atoms with Gasteiger partial charge in [-0.3, -0.25) is 0 Å². The molecule has 0 aliphatic heterocycles. The first kappa shape index (κ1) is 12.4. The molecule has 6 nitrogen and oxygen atoms in total. The van der Waals surface area contributed by atoms with Crippen LogP contribution < -0.4 is 9.88 Å². The lowest BCUT2D eigenvalue weighted by Crippen LogP contribution is -2.13. The zero-order valence-electron chi connectivity index (χ0n) is 7.88. The number of carboxylic acid groups (broad SMARTS) is 1. The third-order valence-corrected chi connectivity index (χ3v) is 2.49. The summed E-state index contributed by atoms with van der Waals surface area (Å²) in [7, 11) is -3.99. The molecule has 0 saturated carbocycles. The van der Waals surface area contributed by atoms with Gasteiger partial charge in [0.1, 0.15) is 0 Å². The Morgan fingerprint density at radius 1 is 1.50 bits per heavy atom. The fraction of sp³-hybridized carbons (Fsp3) is 0.125. The van der Waals surface area contributed by atoms with Crippen molar-refractivity contribution in [2.75, 3.05) is 6.61 Å². The Morgan fingerprint density at radius 2 is 2.12 bits per heavy atom. The van der Waals surface area contributed by atoms with E-state index in [0.717, 1.165) is 12.1 Å². The maximum absolute atomic E-state index is 13.2. The minimum Gasteiger partial charge on any atom is -0.479 e. The predicted molar refractivity (Wildman–Crippen MR) is 50.9 cm³/mol. The number of primary sulfonamides is 1. The van der Waals surface area contributed by atoms with Crippen molar-refractivity contribution in [1.82, 2.24) is 0 Å². The number of carboxylic acids is 1. The summed E-state index contributed by atoms with van der Waals surface area (Å²) >= 11 is 0. The van der Waals surface area contributed by atoms with E-state index in [1.165, 1.54) is 0 Å². The van der Waals surface area contributed by atoms with E-state index in [9.17, 15) is 17.6 Å². The van der Waals surface area contributed by atoms with Gasteiger partial charge in [-0.2, -0.15) is 0 Å². The molecule has 0 heterocycles. The number of nitrogens with two attached hydrogens (primary N) is 1. The van der Waals surface area contributed by atoms with Gasteiger partial charge >= 0.3 is 5.97 Å². The Balaban J connectivity index is 2.96. The first-order valence-electron chi connectivity index (χ1n) is 3.97. The number of hydrogen-bond donors (Lipinski definition) is 2. The van der Waals surface area contributed by atoms with E-state index in [-0.39, 0.29) is 5.75 Å². The number of aliphatic carboxylic acids is 1. The summed E-state index contributed by atoms with van der Waals surface area (Å²) in [4.78, 5) is 9.74. The lowest BCUT2D eigenvalue weighted by atomic mass is 10.3. The molecule has 88 valence electrons. The highest BCUT2D eigenvalue weighted by Crippen LogP contribution is 2.20. The number of ether oxygens (including phenoxy) is 1. The molecule has 1 rings (SSSR count). The summed E-state index contributed by atoms with van der Waals surface area (Å²) in [5, 5.41) is 13.1. The lowest BCUT2D eigenvalue weighted by Gasteiger charge is -2.05. The summed E-state index contributed by atoms with van der Waals surface area (Å²) in [6.07, 6.45) is 0. The van der Waals surface area contributed by atoms with E-state index in [0.29, 0.717) is 6.07 Å². The van der Waals surface area contributed by atoms with Gasteiger partial charge in [-0.15, -0.1) is 0 Å². The molecule has 1 aromatic carbocycles. The van der Waals surface area contributed by atoms with Gasteiger partial charge in [0.25, 0.3) is 0 Å². The Bertz CT molecular complexity index is 513. The fourth-order valence-electron chi connectivity index (χ4n) is 0.915. The van der Waals surface area contributed by atoms with Gasteiger partial charge in [-0.1, -0.05) is 0 Å². The van der Waals surface area contributed by atoms with Gasteiger partial charge in [-0.05, 0) is 18.2 Å². The summed E-state index contributed by atoms with van der Waals surface area (Å²) in [6.45, 7) is -0.717. The van der Waals surface area contributed by atoms with Crippen molar-refractivity contribution in [3.05, 3.63) is 24.0 Å². The van der Waals surface area contributed by atoms with E-state index < -0.39 is 33.3 Å². The number of benzene rings is 1. The molecule has 1 aromatic rings. The molecule has 0 aliphatic rings. The summed E-state index contributed by atoms with van der Waals surface area (Å²) < 4.78 is 39.4. The SMILES string of the molecule is NS(=O)(=O)c1ccc(OCC(=O)O)c(F)c1. The second-order valence-corrected chi connectivity index (χ2v) is 4.38. The van der Waals surface area contributed by atoms with Crippen LogP contribution in [-0.2, 0) is 14.8 Å². The Hall–Kier alpha value is -1.67. The summed E-state index contributed by atoms with van der Waals surface area (Å²) in [5.74, 6) is -2.61. The van der Waals surface area contributed by atoms with Crippen LogP contribution in [0.15, 0.2) is 23.1 Å². The quantitative estimate of drug-likeness (QED) is 0.777. The Labute approximate surface area is 90.5 Å². The van der Waals surface area contributed by atoms with Crippen LogP contribution in [-0.4, -0.2) is 26.1 Å². The first-order chi connectivity index (χ1) is 7.30. The average molecular weight is 249 g/mol.